The molecule has 13 heterocycles. The minimum absolute atomic E-state index is 0. The molecule has 0 unspecified atom stereocenters. The maximum atomic E-state index is 2.39. The van der Waals surface area contributed by atoms with Gasteiger partial charge in [0.1, 0.15) is 0 Å². The zero-order chi connectivity index (χ0) is 62.9. The lowest BCUT2D eigenvalue weighted by molar-refractivity contribution is 0.277. The van der Waals surface area contributed by atoms with Crippen molar-refractivity contribution in [2.45, 2.75) is 97.3 Å². The van der Waals surface area contributed by atoms with Gasteiger partial charge in [-0.2, -0.15) is 0 Å². The van der Waals surface area contributed by atoms with Gasteiger partial charge in [0, 0.05) is 147 Å². The lowest BCUT2D eigenvalue weighted by atomic mass is 10.1. The number of hydrogen-bond acceptors (Lipinski definition) is 12. The van der Waals surface area contributed by atoms with Crippen molar-refractivity contribution in [2.24, 2.45) is 7.05 Å². The summed E-state index contributed by atoms with van der Waals surface area (Å²) < 4.78 is 2.00. The SMILES string of the molecule is C.CN1C=CC=CC1.CN1C=CC=CC1.CN1C=CCC1.CN1C=CCC1.CN1C=CCC=C1.CN1C=CCCC1.CN1C=CCCC1.CN1CC=CC1.CN1CC=CCC1.CN1CC=CCC1.CN1CCCC1.CN1CCCCC1.Cn1cccc1. The normalized spacial score (nSPS) is 20.1. The lowest BCUT2D eigenvalue weighted by Crippen LogP contribution is -2.24. The molecule has 87 heavy (non-hydrogen) atoms. The molecule has 0 aromatic carbocycles. The van der Waals surface area contributed by atoms with Crippen molar-refractivity contribution in [3.05, 3.63) is 183 Å². The van der Waals surface area contributed by atoms with Crippen LogP contribution in [0.15, 0.2) is 183 Å². The average Bonchev–Trinajstić information content (AvgIpc) is 4.44. The summed E-state index contributed by atoms with van der Waals surface area (Å²) in [6, 6.07) is 4.00. The first-order valence-electron chi connectivity index (χ1n) is 32.7. The first-order chi connectivity index (χ1) is 41.6. The minimum atomic E-state index is 0. The number of hydrogen-bond donors (Lipinski definition) is 0. The Morgan fingerprint density at radius 3 is 0.736 bits per heavy atom. The van der Waals surface area contributed by atoms with Crippen LogP contribution in [0, 0.1) is 0 Å². The predicted molar refractivity (Wildman–Crippen MR) is 387 cm³/mol. The van der Waals surface area contributed by atoms with E-state index in [0.717, 1.165) is 45.7 Å². The summed E-state index contributed by atoms with van der Waals surface area (Å²) >= 11 is 0. The number of rotatable bonds is 0. The van der Waals surface area contributed by atoms with E-state index < -0.39 is 0 Å². The molecule has 13 nitrogen and oxygen atoms in total. The highest BCUT2D eigenvalue weighted by Gasteiger charge is 2.04. The number of aromatic nitrogens is 1. The van der Waals surface area contributed by atoms with Gasteiger partial charge in [-0.15, -0.1) is 0 Å². The first-order valence-corrected chi connectivity index (χ1v) is 32.7. The lowest BCUT2D eigenvalue weighted by Gasteiger charge is -2.20. The molecule has 0 N–H and O–H groups in total. The van der Waals surface area contributed by atoms with Crippen molar-refractivity contribution in [2.75, 3.05) is 189 Å². The molecule has 2 saturated heterocycles. The summed E-state index contributed by atoms with van der Waals surface area (Å²) in [6.45, 7) is 19.3. The predicted octanol–water partition coefficient (Wildman–Crippen LogP) is 13.2. The van der Waals surface area contributed by atoms with Gasteiger partial charge in [0.05, 0.1) is 0 Å². The van der Waals surface area contributed by atoms with Crippen LogP contribution >= 0.6 is 0 Å². The molecule has 13 heteroatoms. The quantitative estimate of drug-likeness (QED) is 0.233. The molecule has 2 fully saturated rings. The number of aryl methyl sites for hydroxylation is 1. The molecule has 0 bridgehead atoms. The smallest absolute Gasteiger partial charge is 0.0353 e. The molecule has 1 aromatic heterocycles. The standard InChI is InChI=1S/C6H13N.4C6H11N.3C6H9N.C5H11N.3C5H9N.C5H7N.CH4/c8*1-7-5-3-2-4-6-7;5*1-6-4-2-3-5-6;/h2-6H2,1H3;2*3,5H,2,4,6H2,1H3;2*2-3H,4-6H2,1H3;3-6H,2H2,1H3;2*2-5H,6H2,1H3;2-5H2,1H3;2*2,4H,3,5H2,1H3;2-3H,4-5H2,1H3;2-5H,1H3;1H4. The Hall–Kier alpha value is -5.70. The van der Waals surface area contributed by atoms with E-state index in [1.54, 1.807) is 0 Å². The van der Waals surface area contributed by atoms with Crippen LogP contribution in [0.4, 0.5) is 0 Å². The summed E-state index contributed by atoms with van der Waals surface area (Å²) in [5, 5.41) is 0. The third kappa shape index (κ3) is 56.6. The summed E-state index contributed by atoms with van der Waals surface area (Å²) in [6.07, 6.45) is 77.8. The van der Waals surface area contributed by atoms with Gasteiger partial charge in [-0.25, -0.2) is 0 Å². The Labute approximate surface area is 538 Å². The van der Waals surface area contributed by atoms with Gasteiger partial charge < -0.3 is 58.5 Å². The fourth-order valence-electron chi connectivity index (χ4n) is 8.95. The van der Waals surface area contributed by atoms with Crippen molar-refractivity contribution in [1.29, 1.82) is 0 Å². The Bertz CT molecular complexity index is 1970. The topological polar surface area (TPSA) is 43.8 Å². The summed E-state index contributed by atoms with van der Waals surface area (Å²) in [5.41, 5.74) is 0. The first kappa shape index (κ1) is 81.3. The van der Waals surface area contributed by atoms with Crippen LogP contribution in [-0.4, -0.2) is 253 Å². The van der Waals surface area contributed by atoms with Crippen LogP contribution in [-0.2, 0) is 7.05 Å². The van der Waals surface area contributed by atoms with Crippen molar-refractivity contribution < 1.29 is 0 Å². The highest BCUT2D eigenvalue weighted by atomic mass is 15.1. The number of likely N-dealkylation sites (tertiary alicyclic amines) is 2. The van der Waals surface area contributed by atoms with Crippen LogP contribution in [0.5, 0.6) is 0 Å². The fourth-order valence-corrected chi connectivity index (χ4v) is 8.95. The molecule has 12 aliphatic heterocycles. The third-order valence-electron chi connectivity index (χ3n) is 14.6. The molecule has 0 atom stereocenters. The van der Waals surface area contributed by atoms with E-state index >= 15 is 0 Å². The van der Waals surface area contributed by atoms with Crippen molar-refractivity contribution >= 4 is 0 Å². The van der Waals surface area contributed by atoms with Crippen molar-refractivity contribution in [1.82, 2.24) is 63.4 Å². The van der Waals surface area contributed by atoms with Gasteiger partial charge in [-0.05, 0) is 219 Å². The molecule has 0 amide bonds. The highest BCUT2D eigenvalue weighted by molar-refractivity contribution is 5.08. The zero-order valence-corrected chi connectivity index (χ0v) is 57.3. The van der Waals surface area contributed by atoms with Crippen LogP contribution in [0.1, 0.15) is 97.3 Å². The minimum Gasteiger partial charge on any atom is -0.381 e. The van der Waals surface area contributed by atoms with Crippen molar-refractivity contribution in [3.8, 4) is 0 Å². The second-order valence-corrected chi connectivity index (χ2v) is 23.9. The Morgan fingerprint density at radius 2 is 0.586 bits per heavy atom. The number of likely N-dealkylation sites (N-methyl/N-ethyl adjacent to an activating group) is 5. The third-order valence-corrected chi connectivity index (χ3v) is 14.6. The van der Waals surface area contributed by atoms with Gasteiger partial charge >= 0.3 is 0 Å². The summed E-state index contributed by atoms with van der Waals surface area (Å²) in [5.74, 6) is 0. The highest BCUT2D eigenvalue weighted by Crippen LogP contribution is 2.06. The van der Waals surface area contributed by atoms with Gasteiger partial charge in [0.2, 0.25) is 0 Å². The second-order valence-electron chi connectivity index (χ2n) is 23.9. The molecule has 12 aliphatic rings. The van der Waals surface area contributed by atoms with Crippen LogP contribution in [0.2, 0.25) is 0 Å². The van der Waals surface area contributed by atoms with E-state index in [9.17, 15) is 0 Å². The van der Waals surface area contributed by atoms with Gasteiger partial charge in [-0.1, -0.05) is 111 Å². The number of allylic oxidation sites excluding steroid dienone is 8. The van der Waals surface area contributed by atoms with Gasteiger partial charge in [-0.3, -0.25) is 4.90 Å². The monoisotopic (exact) mass is 1200 g/mol. The van der Waals surface area contributed by atoms with Crippen molar-refractivity contribution in [3.63, 3.8) is 0 Å². The van der Waals surface area contributed by atoms with Gasteiger partial charge in [0.15, 0.2) is 0 Å². The molecule has 0 aliphatic carbocycles. The summed E-state index contributed by atoms with van der Waals surface area (Å²) in [7, 11) is 27.3. The van der Waals surface area contributed by atoms with Crippen LogP contribution in [0.25, 0.3) is 0 Å². The van der Waals surface area contributed by atoms with Crippen LogP contribution < -0.4 is 0 Å². The maximum absolute atomic E-state index is 2.39. The van der Waals surface area contributed by atoms with Gasteiger partial charge in [0.25, 0.3) is 0 Å². The average molecular weight is 1200 g/mol. The molecular weight excluding hydrogens is 1070 g/mol. The molecule has 13 rings (SSSR count). The summed E-state index contributed by atoms with van der Waals surface area (Å²) in [4.78, 5) is 26.7. The Kier molecular flexibility index (Phi) is 54.2. The van der Waals surface area contributed by atoms with E-state index in [2.05, 4.69) is 278 Å². The molecule has 0 radical (unpaired) electrons. The Balaban J connectivity index is 0.000000921. The van der Waals surface area contributed by atoms with E-state index in [0.29, 0.717) is 0 Å². The maximum Gasteiger partial charge on any atom is 0.0353 e. The van der Waals surface area contributed by atoms with E-state index in [1.165, 1.54) is 149 Å². The molecular formula is C74H133N13. The number of nitrogens with zero attached hydrogens (tertiary/aromatic N) is 13. The zero-order valence-electron chi connectivity index (χ0n) is 57.3. The fraction of sp³-hybridized carbons (Fsp3) is 0.595. The molecule has 0 saturated carbocycles. The Morgan fingerprint density at radius 1 is 0.230 bits per heavy atom. The second kappa shape index (κ2) is 58.0. The van der Waals surface area contributed by atoms with E-state index in [1.807, 2.05) is 60.2 Å². The van der Waals surface area contributed by atoms with Crippen LogP contribution in [0.3, 0.4) is 0 Å². The van der Waals surface area contributed by atoms with E-state index in [4.69, 9.17) is 0 Å². The number of piperidine rings is 1. The molecule has 0 spiro atoms. The van der Waals surface area contributed by atoms with E-state index in [-0.39, 0.29) is 7.43 Å². The largest absolute Gasteiger partial charge is 0.381 e. The molecule has 1 aromatic rings. The molecule has 494 valence electrons.